The number of hydrogen-bond acceptors (Lipinski definition) is 2. The van der Waals surface area contributed by atoms with Gasteiger partial charge in [0.15, 0.2) is 0 Å². The molecule has 1 heterocycles. The summed E-state index contributed by atoms with van der Waals surface area (Å²) in [6, 6.07) is 14.2. The topological polar surface area (TPSA) is 67.1 Å². The molecule has 0 unspecified atom stereocenters. The number of rotatable bonds is 6. The van der Waals surface area contributed by atoms with Crippen LogP contribution < -0.4 is 20.4 Å². The van der Waals surface area contributed by atoms with Gasteiger partial charge in [-0.2, -0.15) is 0 Å². The number of halogens is 1. The molecule has 1 fully saturated rings. The number of amides is 2. The molecule has 6 nitrogen and oxygen atoms in total. The van der Waals surface area contributed by atoms with Crippen molar-refractivity contribution in [2.45, 2.75) is 19.5 Å². The van der Waals surface area contributed by atoms with Crippen LogP contribution >= 0.6 is 0 Å². The molecule has 2 aromatic carbocycles. The van der Waals surface area contributed by atoms with Gasteiger partial charge in [0.1, 0.15) is 38.0 Å². The molecule has 0 saturated carbocycles. The van der Waals surface area contributed by atoms with Gasteiger partial charge in [-0.15, -0.1) is 0 Å². The summed E-state index contributed by atoms with van der Waals surface area (Å²) in [5, 5.41) is 5.44. The third-order valence-electron chi connectivity index (χ3n) is 5.76. The first-order valence-electron chi connectivity index (χ1n) is 10.5. The van der Waals surface area contributed by atoms with E-state index in [2.05, 4.69) is 17.7 Å². The lowest BCUT2D eigenvalue weighted by molar-refractivity contribution is -1.02. The summed E-state index contributed by atoms with van der Waals surface area (Å²) in [5.41, 5.74) is 3.05. The molecule has 7 heteroatoms. The summed E-state index contributed by atoms with van der Waals surface area (Å²) in [4.78, 5) is 27.4. The summed E-state index contributed by atoms with van der Waals surface area (Å²) >= 11 is 0. The Balaban J connectivity index is 1.58. The van der Waals surface area contributed by atoms with Crippen LogP contribution in [-0.2, 0) is 16.1 Å². The van der Waals surface area contributed by atoms with E-state index in [9.17, 15) is 14.0 Å². The minimum Gasteiger partial charge on any atom is -0.344 e. The summed E-state index contributed by atoms with van der Waals surface area (Å²) < 4.78 is 13.4. The number of carbonyl (C=O) groups excluding carboxylic acids is 2. The Hall–Kier alpha value is -2.77. The number of benzene rings is 2. The standard InChI is InChI=1S/C23H29FN4O2/c1-17-3-5-18(6-4-17)15-25-22(29)23(30)26-16-21(19-7-9-20(24)10-8-19)28-13-11-27(2)12-14-28/h3-10,21H,11-16H2,1-2H3,(H,25,29)(H,26,30)/p+2/t21-/m0/s1. The first-order chi connectivity index (χ1) is 14.4. The molecule has 4 N–H and O–H groups in total. The molecule has 0 spiro atoms. The van der Waals surface area contributed by atoms with Crippen LogP contribution in [0.5, 0.6) is 0 Å². The van der Waals surface area contributed by atoms with E-state index in [-0.39, 0.29) is 11.9 Å². The summed E-state index contributed by atoms with van der Waals surface area (Å²) in [6.07, 6.45) is 0. The minimum atomic E-state index is -0.647. The Bertz CT molecular complexity index is 847. The third kappa shape index (κ3) is 6.11. The quantitative estimate of drug-likeness (QED) is 0.459. The second kappa shape index (κ2) is 10.3. The number of hydrogen-bond donors (Lipinski definition) is 4. The van der Waals surface area contributed by atoms with E-state index in [1.807, 2.05) is 31.2 Å². The Kier molecular flexibility index (Phi) is 7.54. The summed E-state index contributed by atoms with van der Waals surface area (Å²) in [7, 11) is 2.17. The van der Waals surface area contributed by atoms with Crippen molar-refractivity contribution in [1.82, 2.24) is 10.6 Å². The molecular formula is C23H31FN4O2+2. The molecule has 1 aliphatic rings. The molecule has 0 bridgehead atoms. The lowest BCUT2D eigenvalue weighted by atomic mass is 10.0. The molecule has 160 valence electrons. The molecule has 1 aliphatic heterocycles. The molecule has 3 rings (SSSR count). The van der Waals surface area contributed by atoms with Crippen LogP contribution in [0.1, 0.15) is 22.7 Å². The van der Waals surface area contributed by atoms with Gasteiger partial charge < -0.3 is 20.4 Å². The van der Waals surface area contributed by atoms with E-state index in [1.54, 1.807) is 12.1 Å². The predicted octanol–water partition coefficient (Wildman–Crippen LogP) is -0.979. The van der Waals surface area contributed by atoms with Crippen molar-refractivity contribution in [2.24, 2.45) is 0 Å². The van der Waals surface area contributed by atoms with E-state index < -0.39 is 11.8 Å². The van der Waals surface area contributed by atoms with Gasteiger partial charge in [0.2, 0.25) is 0 Å². The normalized spacial score (nSPS) is 19.7. The van der Waals surface area contributed by atoms with Gasteiger partial charge in [-0.3, -0.25) is 9.59 Å². The maximum absolute atomic E-state index is 13.4. The molecule has 30 heavy (non-hydrogen) atoms. The van der Waals surface area contributed by atoms with Crippen LogP contribution in [-0.4, -0.2) is 51.6 Å². The Labute approximate surface area is 177 Å². The lowest BCUT2D eigenvalue weighted by Gasteiger charge is -2.33. The third-order valence-corrected chi connectivity index (χ3v) is 5.76. The molecule has 1 atom stereocenters. The molecule has 1 saturated heterocycles. The zero-order chi connectivity index (χ0) is 21.5. The van der Waals surface area contributed by atoms with Crippen LogP contribution in [0.2, 0.25) is 0 Å². The molecular weight excluding hydrogens is 383 g/mol. The fraction of sp³-hybridized carbons (Fsp3) is 0.391. The Morgan fingerprint density at radius 3 is 2.17 bits per heavy atom. The second-order valence-corrected chi connectivity index (χ2v) is 8.10. The second-order valence-electron chi connectivity index (χ2n) is 8.10. The fourth-order valence-electron chi connectivity index (χ4n) is 3.78. The Morgan fingerprint density at radius 1 is 0.933 bits per heavy atom. The molecule has 2 aromatic rings. The van der Waals surface area contributed by atoms with Crippen LogP contribution in [0.3, 0.4) is 0 Å². The van der Waals surface area contributed by atoms with E-state index >= 15 is 0 Å². The number of carbonyl (C=O) groups is 2. The van der Waals surface area contributed by atoms with Crippen LogP contribution in [0.4, 0.5) is 4.39 Å². The highest BCUT2D eigenvalue weighted by atomic mass is 19.1. The van der Waals surface area contributed by atoms with Gasteiger partial charge in [-0.25, -0.2) is 4.39 Å². The number of likely N-dealkylation sites (N-methyl/N-ethyl adjacent to an activating group) is 1. The minimum absolute atomic E-state index is 0.0208. The van der Waals surface area contributed by atoms with Crippen molar-refractivity contribution in [1.29, 1.82) is 0 Å². The van der Waals surface area contributed by atoms with Gasteiger partial charge >= 0.3 is 11.8 Å². The highest BCUT2D eigenvalue weighted by molar-refractivity contribution is 6.35. The number of aryl methyl sites for hydroxylation is 1. The van der Waals surface area contributed by atoms with E-state index in [4.69, 9.17) is 0 Å². The fourth-order valence-corrected chi connectivity index (χ4v) is 3.78. The molecule has 0 aromatic heterocycles. The smallest absolute Gasteiger partial charge is 0.309 e. The first kappa shape index (κ1) is 21.9. The van der Waals surface area contributed by atoms with Crippen molar-refractivity contribution in [2.75, 3.05) is 39.8 Å². The van der Waals surface area contributed by atoms with E-state index in [0.717, 1.165) is 42.9 Å². The molecule has 2 amide bonds. The summed E-state index contributed by atoms with van der Waals surface area (Å²) in [6.45, 7) is 6.64. The largest absolute Gasteiger partial charge is 0.344 e. The van der Waals surface area contributed by atoms with Crippen molar-refractivity contribution >= 4 is 11.8 Å². The van der Waals surface area contributed by atoms with Crippen LogP contribution in [0.15, 0.2) is 48.5 Å². The van der Waals surface area contributed by atoms with E-state index in [0.29, 0.717) is 13.1 Å². The average Bonchev–Trinajstić information content (AvgIpc) is 2.75. The van der Waals surface area contributed by atoms with Crippen LogP contribution in [0, 0.1) is 12.7 Å². The van der Waals surface area contributed by atoms with Gasteiger partial charge in [0.05, 0.1) is 13.6 Å². The highest BCUT2D eigenvalue weighted by Gasteiger charge is 2.30. The monoisotopic (exact) mass is 414 g/mol. The zero-order valence-corrected chi connectivity index (χ0v) is 17.6. The van der Waals surface area contributed by atoms with Gasteiger partial charge in [-0.05, 0) is 24.6 Å². The lowest BCUT2D eigenvalue weighted by Crippen LogP contribution is -3.27. The van der Waals surface area contributed by atoms with Gasteiger partial charge in [0.25, 0.3) is 0 Å². The maximum atomic E-state index is 13.4. The van der Waals surface area contributed by atoms with Gasteiger partial charge in [-0.1, -0.05) is 42.0 Å². The molecule has 0 radical (unpaired) electrons. The summed E-state index contributed by atoms with van der Waals surface area (Å²) in [5.74, 6) is -1.57. The predicted molar refractivity (Wildman–Crippen MR) is 112 cm³/mol. The van der Waals surface area contributed by atoms with Gasteiger partial charge in [0, 0.05) is 12.1 Å². The zero-order valence-electron chi connectivity index (χ0n) is 17.6. The number of quaternary nitrogens is 2. The molecule has 0 aliphatic carbocycles. The van der Waals surface area contributed by atoms with Crippen molar-refractivity contribution in [3.05, 3.63) is 71.0 Å². The highest BCUT2D eigenvalue weighted by Crippen LogP contribution is 2.10. The SMILES string of the molecule is Cc1ccc(CNC(=O)C(=O)NC[C@@H](c2ccc(F)cc2)[NH+]2CC[NH+](C)CC2)cc1. The van der Waals surface area contributed by atoms with Crippen LogP contribution in [0.25, 0.3) is 0 Å². The Morgan fingerprint density at radius 2 is 1.53 bits per heavy atom. The first-order valence-corrected chi connectivity index (χ1v) is 10.5. The number of nitrogens with one attached hydrogen (secondary N) is 4. The number of piperazine rings is 1. The van der Waals surface area contributed by atoms with Crippen molar-refractivity contribution in [3.8, 4) is 0 Å². The maximum Gasteiger partial charge on any atom is 0.309 e. The van der Waals surface area contributed by atoms with Crippen molar-refractivity contribution < 1.29 is 23.8 Å². The van der Waals surface area contributed by atoms with E-state index in [1.165, 1.54) is 21.9 Å². The van der Waals surface area contributed by atoms with Crippen molar-refractivity contribution in [3.63, 3.8) is 0 Å². The average molecular weight is 415 g/mol.